The number of rotatable bonds is 4. The smallest absolute Gasteiger partial charge is 0.406 e. The molecule has 0 spiro atoms. The molecule has 5 nitrogen and oxygen atoms in total. The van der Waals surface area contributed by atoms with E-state index in [9.17, 15) is 27.2 Å². The molecule has 0 bridgehead atoms. The number of nitrogens with zero attached hydrogens (tertiary/aromatic N) is 1. The summed E-state index contributed by atoms with van der Waals surface area (Å²) in [4.78, 5) is 22.2. The molecule has 0 aromatic heterocycles. The van der Waals surface area contributed by atoms with Gasteiger partial charge in [-0.2, -0.15) is 13.2 Å². The van der Waals surface area contributed by atoms with E-state index in [1.165, 1.54) is 0 Å². The summed E-state index contributed by atoms with van der Waals surface area (Å²) < 4.78 is 49.9. The fourth-order valence-electron chi connectivity index (χ4n) is 1.37. The van der Waals surface area contributed by atoms with Gasteiger partial charge in [-0.05, 0) is 18.2 Å². The molecule has 10 heteroatoms. The Hall–Kier alpha value is -2.03. The summed E-state index contributed by atoms with van der Waals surface area (Å²) in [5.41, 5.74) is -0.265. The van der Waals surface area contributed by atoms with Crippen molar-refractivity contribution in [2.24, 2.45) is 0 Å². The minimum absolute atomic E-state index is 0.0174. The zero-order valence-electron chi connectivity index (χ0n) is 10.2. The summed E-state index contributed by atoms with van der Waals surface area (Å²) >= 11 is 5.65. The van der Waals surface area contributed by atoms with Crippen LogP contribution in [0.5, 0.6) is 0 Å². The Morgan fingerprint density at radius 1 is 1.33 bits per heavy atom. The lowest BCUT2D eigenvalue weighted by molar-refractivity contribution is -0.148. The Kier molecular flexibility index (Phi) is 5.36. The van der Waals surface area contributed by atoms with Crippen LogP contribution in [0.15, 0.2) is 18.2 Å². The van der Waals surface area contributed by atoms with Crippen LogP contribution in [0.2, 0.25) is 5.02 Å². The number of carboxylic acids is 1. The number of amides is 2. The van der Waals surface area contributed by atoms with Crippen molar-refractivity contribution in [3.8, 4) is 0 Å². The summed E-state index contributed by atoms with van der Waals surface area (Å²) in [6.07, 6.45) is -4.78. The van der Waals surface area contributed by atoms with E-state index in [0.29, 0.717) is 0 Å². The highest BCUT2D eigenvalue weighted by Crippen LogP contribution is 2.23. The van der Waals surface area contributed by atoms with Gasteiger partial charge in [0.05, 0.1) is 10.7 Å². The molecule has 2 amide bonds. The van der Waals surface area contributed by atoms with E-state index in [4.69, 9.17) is 16.7 Å². The van der Waals surface area contributed by atoms with Crippen LogP contribution in [0, 0.1) is 5.82 Å². The largest absolute Gasteiger partial charge is 0.480 e. The van der Waals surface area contributed by atoms with Gasteiger partial charge in [0, 0.05) is 0 Å². The molecule has 0 fully saturated rings. The minimum Gasteiger partial charge on any atom is -0.480 e. The van der Waals surface area contributed by atoms with Gasteiger partial charge in [0.15, 0.2) is 0 Å². The number of halogens is 5. The molecule has 0 atom stereocenters. The number of carbonyl (C=O) groups is 2. The molecule has 0 saturated carbocycles. The Morgan fingerprint density at radius 3 is 2.48 bits per heavy atom. The zero-order chi connectivity index (χ0) is 16.2. The summed E-state index contributed by atoms with van der Waals surface area (Å²) in [5, 5.41) is 10.3. The van der Waals surface area contributed by atoms with Crippen LogP contribution < -0.4 is 5.32 Å². The molecule has 0 aliphatic heterocycles. The molecular formula is C11H9ClF4N2O3. The minimum atomic E-state index is -4.78. The summed E-state index contributed by atoms with van der Waals surface area (Å²) in [6, 6.07) is 1.52. The van der Waals surface area contributed by atoms with Gasteiger partial charge >= 0.3 is 18.2 Å². The van der Waals surface area contributed by atoms with Crippen molar-refractivity contribution in [1.82, 2.24) is 4.90 Å². The topological polar surface area (TPSA) is 69.6 Å². The van der Waals surface area contributed by atoms with E-state index in [-0.39, 0.29) is 15.6 Å². The predicted octanol–water partition coefficient (Wildman–Crippen LogP) is 2.96. The van der Waals surface area contributed by atoms with Gasteiger partial charge in [0.1, 0.15) is 18.9 Å². The normalized spacial score (nSPS) is 11.1. The fraction of sp³-hybridized carbons (Fsp3) is 0.273. The standard InChI is InChI=1S/C11H9ClF4N2O3/c12-7-2-1-6(13)3-8(7)17-10(21)18(4-9(19)20)5-11(14,15)16/h1-3H,4-5H2,(H,17,21)(H,19,20). The third-order valence-electron chi connectivity index (χ3n) is 2.15. The highest BCUT2D eigenvalue weighted by atomic mass is 35.5. The molecule has 1 aromatic rings. The molecule has 1 aromatic carbocycles. The van der Waals surface area contributed by atoms with Crippen molar-refractivity contribution >= 4 is 29.3 Å². The average Bonchev–Trinajstić information content (AvgIpc) is 2.30. The Balaban J connectivity index is 2.89. The fourth-order valence-corrected chi connectivity index (χ4v) is 1.53. The van der Waals surface area contributed by atoms with Crippen LogP contribution in [0.3, 0.4) is 0 Å². The van der Waals surface area contributed by atoms with Crippen molar-refractivity contribution in [3.05, 3.63) is 29.0 Å². The van der Waals surface area contributed by atoms with Gasteiger partial charge in [-0.15, -0.1) is 0 Å². The second-order valence-corrected chi connectivity index (χ2v) is 4.33. The lowest BCUT2D eigenvalue weighted by atomic mass is 10.3. The number of nitrogens with one attached hydrogen (secondary N) is 1. The van der Waals surface area contributed by atoms with Crippen molar-refractivity contribution in [2.75, 3.05) is 18.4 Å². The second kappa shape index (κ2) is 6.61. The lowest BCUT2D eigenvalue weighted by Gasteiger charge is -2.22. The van der Waals surface area contributed by atoms with Gasteiger partial charge in [-0.3, -0.25) is 4.79 Å². The first-order valence-electron chi connectivity index (χ1n) is 5.38. The van der Waals surface area contributed by atoms with Gasteiger partial charge in [-0.25, -0.2) is 9.18 Å². The molecule has 0 aliphatic rings. The number of hydrogen-bond donors (Lipinski definition) is 2. The maximum atomic E-state index is 13.0. The molecule has 0 heterocycles. The molecule has 1 rings (SSSR count). The molecule has 0 unspecified atom stereocenters. The van der Waals surface area contributed by atoms with E-state index >= 15 is 0 Å². The SMILES string of the molecule is O=C(O)CN(CC(F)(F)F)C(=O)Nc1cc(F)ccc1Cl. The van der Waals surface area contributed by atoms with Gasteiger partial charge in [0.2, 0.25) is 0 Å². The second-order valence-electron chi connectivity index (χ2n) is 3.92. The number of carbonyl (C=O) groups excluding carboxylic acids is 1. The molecule has 116 valence electrons. The van der Waals surface area contributed by atoms with Crippen LogP contribution in [0.4, 0.5) is 28.0 Å². The number of benzene rings is 1. The maximum absolute atomic E-state index is 13.0. The Bertz CT molecular complexity index is 551. The molecule has 0 saturated heterocycles. The third kappa shape index (κ3) is 5.86. The van der Waals surface area contributed by atoms with Crippen LogP contribution in [0.1, 0.15) is 0 Å². The summed E-state index contributed by atoms with van der Waals surface area (Å²) in [7, 11) is 0. The van der Waals surface area contributed by atoms with Gasteiger partial charge in [-0.1, -0.05) is 11.6 Å². The highest BCUT2D eigenvalue weighted by molar-refractivity contribution is 6.33. The quantitative estimate of drug-likeness (QED) is 0.835. The number of alkyl halides is 3. The summed E-state index contributed by atoms with van der Waals surface area (Å²) in [5.74, 6) is -2.39. The van der Waals surface area contributed by atoms with Crippen molar-refractivity contribution in [3.63, 3.8) is 0 Å². The Labute approximate surface area is 121 Å². The number of anilines is 1. The number of hydrogen-bond acceptors (Lipinski definition) is 2. The van der Waals surface area contributed by atoms with Crippen LogP contribution in [-0.4, -0.2) is 41.3 Å². The first kappa shape index (κ1) is 17.0. The van der Waals surface area contributed by atoms with Crippen LogP contribution >= 0.6 is 11.6 Å². The Morgan fingerprint density at radius 2 is 1.95 bits per heavy atom. The number of carboxylic acid groups (broad SMARTS) is 1. The highest BCUT2D eigenvalue weighted by Gasteiger charge is 2.34. The maximum Gasteiger partial charge on any atom is 0.406 e. The van der Waals surface area contributed by atoms with Crippen LogP contribution in [-0.2, 0) is 4.79 Å². The third-order valence-corrected chi connectivity index (χ3v) is 2.48. The van der Waals surface area contributed by atoms with Gasteiger partial charge in [0.25, 0.3) is 0 Å². The molecule has 0 aliphatic carbocycles. The van der Waals surface area contributed by atoms with Crippen molar-refractivity contribution in [1.29, 1.82) is 0 Å². The number of aliphatic carboxylic acids is 1. The first-order valence-corrected chi connectivity index (χ1v) is 5.76. The van der Waals surface area contributed by atoms with E-state index in [0.717, 1.165) is 18.2 Å². The average molecular weight is 329 g/mol. The zero-order valence-corrected chi connectivity index (χ0v) is 11.0. The van der Waals surface area contributed by atoms with Crippen molar-refractivity contribution in [2.45, 2.75) is 6.18 Å². The van der Waals surface area contributed by atoms with Gasteiger partial charge < -0.3 is 15.3 Å². The van der Waals surface area contributed by atoms with Crippen LogP contribution in [0.25, 0.3) is 0 Å². The van der Waals surface area contributed by atoms with E-state index in [1.807, 2.05) is 5.32 Å². The molecule has 0 radical (unpaired) electrons. The van der Waals surface area contributed by atoms with Crippen molar-refractivity contribution < 1.29 is 32.3 Å². The predicted molar refractivity (Wildman–Crippen MR) is 65.7 cm³/mol. The summed E-state index contributed by atoms with van der Waals surface area (Å²) in [6.45, 7) is -2.93. The lowest BCUT2D eigenvalue weighted by Crippen LogP contribution is -2.44. The van der Waals surface area contributed by atoms with E-state index in [1.54, 1.807) is 0 Å². The molecule has 21 heavy (non-hydrogen) atoms. The van der Waals surface area contributed by atoms with E-state index < -0.39 is 37.1 Å². The van der Waals surface area contributed by atoms with E-state index in [2.05, 4.69) is 0 Å². The first-order chi connectivity index (χ1) is 9.58. The molecular weight excluding hydrogens is 320 g/mol. The number of urea groups is 1. The molecule has 2 N–H and O–H groups in total. The monoisotopic (exact) mass is 328 g/mol.